The Balaban J connectivity index is 1.53. The SMILES string of the molecule is CCOc1ccc(NC(=O)CSc2nnc(-c3ccc(NS(C)(=O)=O)cc3)o2)cc1. The number of nitrogens with zero attached hydrogens (tertiary/aromatic N) is 2. The number of carbonyl (C=O) groups is 1. The van der Waals surface area contributed by atoms with E-state index in [1.54, 1.807) is 48.5 Å². The van der Waals surface area contributed by atoms with Crippen molar-refractivity contribution in [2.24, 2.45) is 0 Å². The first-order valence-corrected chi connectivity index (χ1v) is 11.8. The zero-order valence-electron chi connectivity index (χ0n) is 16.3. The zero-order chi connectivity index (χ0) is 21.6. The number of thioether (sulfide) groups is 1. The van der Waals surface area contributed by atoms with Gasteiger partial charge in [0.15, 0.2) is 0 Å². The number of sulfonamides is 1. The highest BCUT2D eigenvalue weighted by molar-refractivity contribution is 7.99. The Bertz CT molecular complexity index is 1100. The number of carbonyl (C=O) groups excluding carboxylic acids is 1. The van der Waals surface area contributed by atoms with Gasteiger partial charge in [0.05, 0.1) is 18.6 Å². The van der Waals surface area contributed by atoms with Crippen LogP contribution in [0.4, 0.5) is 11.4 Å². The molecule has 1 aromatic heterocycles. The molecule has 3 rings (SSSR count). The second-order valence-corrected chi connectivity index (χ2v) is 8.79. The van der Waals surface area contributed by atoms with Gasteiger partial charge in [-0.15, -0.1) is 10.2 Å². The van der Waals surface area contributed by atoms with Crippen molar-refractivity contribution in [2.45, 2.75) is 12.1 Å². The summed E-state index contributed by atoms with van der Waals surface area (Å²) in [5.74, 6) is 0.908. The third kappa shape index (κ3) is 6.49. The fourth-order valence-electron chi connectivity index (χ4n) is 2.41. The fourth-order valence-corrected chi connectivity index (χ4v) is 3.53. The minimum atomic E-state index is -3.34. The average molecular weight is 449 g/mol. The standard InChI is InChI=1S/C19H20N4O5S2/c1-3-27-16-10-8-14(9-11-16)20-17(24)12-29-19-22-21-18(28-19)13-4-6-15(7-5-13)23-30(2,25)26/h4-11,23H,3,12H2,1-2H3,(H,20,24). The van der Waals surface area contributed by atoms with Crippen molar-refractivity contribution in [1.29, 1.82) is 0 Å². The van der Waals surface area contributed by atoms with E-state index in [4.69, 9.17) is 9.15 Å². The Labute approximate surface area is 178 Å². The second-order valence-electron chi connectivity index (χ2n) is 6.12. The van der Waals surface area contributed by atoms with Crippen molar-refractivity contribution in [3.05, 3.63) is 48.5 Å². The van der Waals surface area contributed by atoms with Gasteiger partial charge in [-0.2, -0.15) is 0 Å². The molecular formula is C19H20N4O5S2. The van der Waals surface area contributed by atoms with Gasteiger partial charge in [0, 0.05) is 16.9 Å². The van der Waals surface area contributed by atoms with Gasteiger partial charge >= 0.3 is 0 Å². The summed E-state index contributed by atoms with van der Waals surface area (Å²) >= 11 is 1.12. The van der Waals surface area contributed by atoms with Crippen LogP contribution in [0.25, 0.3) is 11.5 Å². The highest BCUT2D eigenvalue weighted by Gasteiger charge is 2.12. The van der Waals surface area contributed by atoms with E-state index in [2.05, 4.69) is 20.2 Å². The van der Waals surface area contributed by atoms with Gasteiger partial charge in [-0.25, -0.2) is 8.42 Å². The lowest BCUT2D eigenvalue weighted by atomic mass is 10.2. The average Bonchev–Trinajstić information content (AvgIpc) is 3.17. The van der Waals surface area contributed by atoms with Gasteiger partial charge in [0.2, 0.25) is 21.8 Å². The van der Waals surface area contributed by atoms with Crippen LogP contribution in [0.3, 0.4) is 0 Å². The molecule has 9 nitrogen and oxygen atoms in total. The molecular weight excluding hydrogens is 428 g/mol. The normalized spacial score (nSPS) is 11.1. The number of aromatic nitrogens is 2. The summed E-state index contributed by atoms with van der Waals surface area (Å²) in [5.41, 5.74) is 1.73. The van der Waals surface area contributed by atoms with Crippen molar-refractivity contribution in [3.63, 3.8) is 0 Å². The van der Waals surface area contributed by atoms with Crippen molar-refractivity contribution >= 4 is 39.1 Å². The number of nitrogens with one attached hydrogen (secondary N) is 2. The number of hydrogen-bond acceptors (Lipinski definition) is 8. The van der Waals surface area contributed by atoms with E-state index in [9.17, 15) is 13.2 Å². The number of hydrogen-bond donors (Lipinski definition) is 2. The van der Waals surface area contributed by atoms with Crippen LogP contribution in [0, 0.1) is 0 Å². The van der Waals surface area contributed by atoms with Gasteiger partial charge in [0.1, 0.15) is 5.75 Å². The first-order valence-electron chi connectivity index (χ1n) is 8.89. The smallest absolute Gasteiger partial charge is 0.277 e. The van der Waals surface area contributed by atoms with E-state index in [1.807, 2.05) is 6.92 Å². The molecule has 158 valence electrons. The molecule has 0 saturated heterocycles. The van der Waals surface area contributed by atoms with E-state index in [1.165, 1.54) is 0 Å². The summed E-state index contributed by atoms with van der Waals surface area (Å²) in [6.07, 6.45) is 1.08. The third-order valence-electron chi connectivity index (χ3n) is 3.62. The summed E-state index contributed by atoms with van der Waals surface area (Å²) in [7, 11) is -3.34. The van der Waals surface area contributed by atoms with Crippen molar-refractivity contribution in [3.8, 4) is 17.2 Å². The quantitative estimate of drug-likeness (QED) is 0.478. The molecule has 0 radical (unpaired) electrons. The Morgan fingerprint density at radius 2 is 1.73 bits per heavy atom. The first-order chi connectivity index (χ1) is 14.3. The molecule has 0 unspecified atom stereocenters. The van der Waals surface area contributed by atoms with Crippen LogP contribution < -0.4 is 14.8 Å². The van der Waals surface area contributed by atoms with Crippen molar-refractivity contribution < 1.29 is 22.4 Å². The third-order valence-corrected chi connectivity index (χ3v) is 5.04. The maximum absolute atomic E-state index is 12.1. The van der Waals surface area contributed by atoms with Crippen LogP contribution >= 0.6 is 11.8 Å². The first kappa shape index (κ1) is 21.7. The Hall–Kier alpha value is -3.05. The molecule has 0 fully saturated rings. The number of benzene rings is 2. The van der Waals surface area contributed by atoms with Gasteiger partial charge in [-0.3, -0.25) is 9.52 Å². The minimum Gasteiger partial charge on any atom is -0.494 e. The molecule has 2 aromatic carbocycles. The molecule has 1 amide bonds. The molecule has 30 heavy (non-hydrogen) atoms. The van der Waals surface area contributed by atoms with E-state index in [-0.39, 0.29) is 22.8 Å². The fraction of sp³-hybridized carbons (Fsp3) is 0.211. The largest absolute Gasteiger partial charge is 0.494 e. The number of rotatable bonds is 9. The van der Waals surface area contributed by atoms with E-state index >= 15 is 0 Å². The summed E-state index contributed by atoms with van der Waals surface area (Å²) in [6, 6.07) is 13.6. The topological polar surface area (TPSA) is 123 Å². The van der Waals surface area contributed by atoms with Gasteiger partial charge < -0.3 is 14.5 Å². The molecule has 0 aliphatic heterocycles. The summed E-state index contributed by atoms with van der Waals surface area (Å²) in [5, 5.41) is 10.9. The van der Waals surface area contributed by atoms with Crippen LogP contribution in [-0.4, -0.2) is 43.1 Å². The molecule has 0 saturated carbocycles. The lowest BCUT2D eigenvalue weighted by Crippen LogP contribution is -2.13. The van der Waals surface area contributed by atoms with E-state index in [0.717, 1.165) is 23.8 Å². The monoisotopic (exact) mass is 448 g/mol. The molecule has 0 aliphatic carbocycles. The highest BCUT2D eigenvalue weighted by Crippen LogP contribution is 2.25. The summed E-state index contributed by atoms with van der Waals surface area (Å²) in [6.45, 7) is 2.48. The van der Waals surface area contributed by atoms with Gasteiger partial charge in [-0.05, 0) is 55.5 Å². The number of amides is 1. The second kappa shape index (κ2) is 9.63. The van der Waals surface area contributed by atoms with Gasteiger partial charge in [0.25, 0.3) is 5.22 Å². The maximum Gasteiger partial charge on any atom is 0.277 e. The molecule has 0 atom stereocenters. The minimum absolute atomic E-state index is 0.103. The molecule has 0 spiro atoms. The lowest BCUT2D eigenvalue weighted by Gasteiger charge is -2.06. The van der Waals surface area contributed by atoms with Crippen LogP contribution in [0.15, 0.2) is 58.2 Å². The number of ether oxygens (including phenoxy) is 1. The molecule has 0 aliphatic rings. The van der Waals surface area contributed by atoms with E-state index in [0.29, 0.717) is 23.5 Å². The van der Waals surface area contributed by atoms with Crippen molar-refractivity contribution in [2.75, 3.05) is 28.7 Å². The van der Waals surface area contributed by atoms with Crippen molar-refractivity contribution in [1.82, 2.24) is 10.2 Å². The van der Waals surface area contributed by atoms with E-state index < -0.39 is 10.0 Å². The predicted molar refractivity (Wildman–Crippen MR) is 115 cm³/mol. The maximum atomic E-state index is 12.1. The van der Waals surface area contributed by atoms with Crippen LogP contribution in [0.2, 0.25) is 0 Å². The number of anilines is 2. The molecule has 2 N–H and O–H groups in total. The lowest BCUT2D eigenvalue weighted by molar-refractivity contribution is -0.113. The Kier molecular flexibility index (Phi) is 6.95. The summed E-state index contributed by atoms with van der Waals surface area (Å²) in [4.78, 5) is 12.1. The van der Waals surface area contributed by atoms with Gasteiger partial charge in [-0.1, -0.05) is 11.8 Å². The Morgan fingerprint density at radius 1 is 1.07 bits per heavy atom. The molecule has 3 aromatic rings. The van der Waals surface area contributed by atoms with Crippen LogP contribution in [0.1, 0.15) is 6.92 Å². The molecule has 11 heteroatoms. The molecule has 0 bridgehead atoms. The predicted octanol–water partition coefficient (Wildman–Crippen LogP) is 3.24. The van der Waals surface area contributed by atoms with Crippen LogP contribution in [-0.2, 0) is 14.8 Å². The zero-order valence-corrected chi connectivity index (χ0v) is 17.9. The van der Waals surface area contributed by atoms with Crippen LogP contribution in [0.5, 0.6) is 5.75 Å². The highest BCUT2D eigenvalue weighted by atomic mass is 32.2. The molecule has 1 heterocycles. The Morgan fingerprint density at radius 3 is 2.37 bits per heavy atom. The summed E-state index contributed by atoms with van der Waals surface area (Å²) < 4.78 is 35.8.